The number of benzene rings is 1. The van der Waals surface area contributed by atoms with Crippen molar-refractivity contribution in [3.05, 3.63) is 35.4 Å². The van der Waals surface area contributed by atoms with Crippen LogP contribution < -0.4 is 22.1 Å². The van der Waals surface area contributed by atoms with Crippen LogP contribution in [-0.4, -0.2) is 24.5 Å². The maximum absolute atomic E-state index is 12.2. The van der Waals surface area contributed by atoms with Crippen molar-refractivity contribution in [1.29, 1.82) is 0 Å². The molecular formula is C15H22N4O2. The lowest BCUT2D eigenvalue weighted by Gasteiger charge is -2.19. The highest BCUT2D eigenvalue weighted by Crippen LogP contribution is 2.24. The summed E-state index contributed by atoms with van der Waals surface area (Å²) in [6.45, 7) is 0.970. The number of hydrogen-bond donors (Lipinski definition) is 4. The van der Waals surface area contributed by atoms with Crippen molar-refractivity contribution in [3.8, 4) is 0 Å². The molecule has 2 atom stereocenters. The smallest absolute Gasteiger partial charge is 0.312 e. The van der Waals surface area contributed by atoms with Gasteiger partial charge in [-0.15, -0.1) is 0 Å². The molecule has 0 spiro atoms. The molecule has 6 N–H and O–H groups in total. The average molecular weight is 290 g/mol. The van der Waals surface area contributed by atoms with Gasteiger partial charge in [-0.2, -0.15) is 0 Å². The summed E-state index contributed by atoms with van der Waals surface area (Å²) in [6, 6.07) is 6.73. The van der Waals surface area contributed by atoms with E-state index in [1.165, 1.54) is 0 Å². The Labute approximate surface area is 124 Å². The number of rotatable bonds is 5. The van der Waals surface area contributed by atoms with Gasteiger partial charge in [0.25, 0.3) is 5.91 Å². The third-order valence-corrected chi connectivity index (χ3v) is 3.96. The van der Waals surface area contributed by atoms with Crippen LogP contribution in [0.2, 0.25) is 0 Å². The minimum absolute atomic E-state index is 0.0743. The van der Waals surface area contributed by atoms with E-state index in [-0.39, 0.29) is 11.9 Å². The Morgan fingerprint density at radius 2 is 1.90 bits per heavy atom. The molecule has 0 bridgehead atoms. The predicted octanol–water partition coefficient (Wildman–Crippen LogP) is 0.712. The second-order valence-electron chi connectivity index (χ2n) is 5.42. The topological polar surface area (TPSA) is 110 Å². The van der Waals surface area contributed by atoms with Gasteiger partial charge in [-0.05, 0) is 43.0 Å². The van der Waals surface area contributed by atoms with Crippen molar-refractivity contribution in [2.75, 3.05) is 6.54 Å². The zero-order valence-corrected chi connectivity index (χ0v) is 12.0. The molecule has 1 aliphatic rings. The highest BCUT2D eigenvalue weighted by Gasteiger charge is 2.27. The highest BCUT2D eigenvalue weighted by molar-refractivity contribution is 5.94. The molecule has 0 saturated heterocycles. The third-order valence-electron chi connectivity index (χ3n) is 3.96. The van der Waals surface area contributed by atoms with Crippen LogP contribution in [0.25, 0.3) is 0 Å². The van der Waals surface area contributed by atoms with Gasteiger partial charge >= 0.3 is 6.03 Å². The monoisotopic (exact) mass is 290 g/mol. The second-order valence-corrected chi connectivity index (χ2v) is 5.42. The lowest BCUT2D eigenvalue weighted by atomic mass is 10.0. The van der Waals surface area contributed by atoms with E-state index in [0.29, 0.717) is 24.6 Å². The lowest BCUT2D eigenvalue weighted by Crippen LogP contribution is -2.39. The molecule has 3 amide bonds. The Morgan fingerprint density at radius 3 is 2.52 bits per heavy atom. The maximum atomic E-state index is 12.2. The summed E-state index contributed by atoms with van der Waals surface area (Å²) in [5.74, 6) is 0.308. The average Bonchev–Trinajstić information content (AvgIpc) is 2.92. The molecule has 114 valence electrons. The maximum Gasteiger partial charge on any atom is 0.312 e. The van der Waals surface area contributed by atoms with Crippen LogP contribution in [0.15, 0.2) is 24.3 Å². The summed E-state index contributed by atoms with van der Waals surface area (Å²) in [7, 11) is 0. The lowest BCUT2D eigenvalue weighted by molar-refractivity contribution is 0.0928. The molecule has 2 rings (SSSR count). The summed E-state index contributed by atoms with van der Waals surface area (Å²) in [5, 5.41) is 5.56. The first-order valence-corrected chi connectivity index (χ1v) is 7.23. The Bertz CT molecular complexity index is 501. The van der Waals surface area contributed by atoms with Crippen LogP contribution in [0, 0.1) is 5.92 Å². The van der Waals surface area contributed by atoms with Gasteiger partial charge in [-0.3, -0.25) is 4.79 Å². The molecule has 0 aliphatic heterocycles. The van der Waals surface area contributed by atoms with E-state index in [1.807, 2.05) is 0 Å². The van der Waals surface area contributed by atoms with Gasteiger partial charge in [0.05, 0.1) is 0 Å². The standard InChI is InChI=1S/C15H22N4O2/c16-8-12-2-1-3-13(12)19-14(20)11-6-4-10(5-7-11)9-18-15(17)21/h4-7,12-13H,1-3,8-9,16H2,(H,19,20)(H3,17,18,21). The summed E-state index contributed by atoms with van der Waals surface area (Å²) in [4.78, 5) is 22.8. The number of urea groups is 1. The van der Waals surface area contributed by atoms with E-state index in [2.05, 4.69) is 10.6 Å². The van der Waals surface area contributed by atoms with E-state index < -0.39 is 6.03 Å². The number of primary amides is 1. The molecule has 0 radical (unpaired) electrons. The molecule has 1 aromatic carbocycles. The molecule has 6 heteroatoms. The van der Waals surface area contributed by atoms with E-state index in [1.54, 1.807) is 24.3 Å². The minimum Gasteiger partial charge on any atom is -0.352 e. The van der Waals surface area contributed by atoms with Crippen molar-refractivity contribution in [2.24, 2.45) is 17.4 Å². The van der Waals surface area contributed by atoms with Crippen molar-refractivity contribution in [3.63, 3.8) is 0 Å². The fourth-order valence-electron chi connectivity index (χ4n) is 2.72. The zero-order valence-electron chi connectivity index (χ0n) is 12.0. The van der Waals surface area contributed by atoms with Crippen molar-refractivity contribution < 1.29 is 9.59 Å². The number of carbonyl (C=O) groups is 2. The van der Waals surface area contributed by atoms with Gasteiger partial charge in [-0.1, -0.05) is 18.6 Å². The van der Waals surface area contributed by atoms with Crippen LogP contribution in [0.3, 0.4) is 0 Å². The molecule has 1 aromatic rings. The van der Waals surface area contributed by atoms with Crippen molar-refractivity contribution >= 4 is 11.9 Å². The fraction of sp³-hybridized carbons (Fsp3) is 0.467. The predicted molar refractivity (Wildman–Crippen MR) is 80.5 cm³/mol. The van der Waals surface area contributed by atoms with Gasteiger partial charge in [0.2, 0.25) is 0 Å². The number of nitrogens with two attached hydrogens (primary N) is 2. The fourth-order valence-corrected chi connectivity index (χ4v) is 2.72. The van der Waals surface area contributed by atoms with Crippen molar-refractivity contribution in [1.82, 2.24) is 10.6 Å². The van der Waals surface area contributed by atoms with E-state index in [0.717, 1.165) is 24.8 Å². The van der Waals surface area contributed by atoms with Gasteiger partial charge in [0, 0.05) is 18.2 Å². The zero-order chi connectivity index (χ0) is 15.2. The van der Waals surface area contributed by atoms with Crippen LogP contribution in [-0.2, 0) is 6.54 Å². The molecule has 6 nitrogen and oxygen atoms in total. The van der Waals surface area contributed by atoms with Crippen LogP contribution >= 0.6 is 0 Å². The summed E-state index contributed by atoms with van der Waals surface area (Å²) < 4.78 is 0. The number of nitrogens with one attached hydrogen (secondary N) is 2. The van der Waals surface area contributed by atoms with Gasteiger partial charge in [0.1, 0.15) is 0 Å². The summed E-state index contributed by atoms with van der Waals surface area (Å²) in [5.41, 5.74) is 12.2. The van der Waals surface area contributed by atoms with E-state index >= 15 is 0 Å². The molecule has 1 aliphatic carbocycles. The molecule has 21 heavy (non-hydrogen) atoms. The van der Waals surface area contributed by atoms with E-state index in [9.17, 15) is 9.59 Å². The summed E-state index contributed by atoms with van der Waals surface area (Å²) in [6.07, 6.45) is 3.19. The highest BCUT2D eigenvalue weighted by atomic mass is 16.2. The first kappa shape index (κ1) is 15.3. The second kappa shape index (κ2) is 7.08. The van der Waals surface area contributed by atoms with Gasteiger partial charge in [0.15, 0.2) is 0 Å². The van der Waals surface area contributed by atoms with Crippen LogP contribution in [0.5, 0.6) is 0 Å². The first-order valence-electron chi connectivity index (χ1n) is 7.23. The molecule has 1 saturated carbocycles. The molecule has 1 fully saturated rings. The number of carbonyl (C=O) groups excluding carboxylic acids is 2. The first-order chi connectivity index (χ1) is 10.1. The Kier molecular flexibility index (Phi) is 5.16. The normalized spacial score (nSPS) is 21.0. The summed E-state index contributed by atoms with van der Waals surface area (Å²) >= 11 is 0. The SMILES string of the molecule is NCC1CCCC1NC(=O)c1ccc(CNC(N)=O)cc1. The number of hydrogen-bond acceptors (Lipinski definition) is 3. The van der Waals surface area contributed by atoms with E-state index in [4.69, 9.17) is 11.5 Å². The van der Waals surface area contributed by atoms with Crippen LogP contribution in [0.1, 0.15) is 35.2 Å². The number of amides is 3. The quantitative estimate of drug-likeness (QED) is 0.641. The third kappa shape index (κ3) is 4.19. The van der Waals surface area contributed by atoms with Gasteiger partial charge in [-0.25, -0.2) is 4.79 Å². The molecule has 2 unspecified atom stereocenters. The van der Waals surface area contributed by atoms with Crippen LogP contribution in [0.4, 0.5) is 4.79 Å². The minimum atomic E-state index is -0.564. The Hall–Kier alpha value is -2.08. The Balaban J connectivity index is 1.92. The van der Waals surface area contributed by atoms with Gasteiger partial charge < -0.3 is 22.1 Å². The Morgan fingerprint density at radius 1 is 1.19 bits per heavy atom. The van der Waals surface area contributed by atoms with Crippen molar-refractivity contribution in [2.45, 2.75) is 31.8 Å². The largest absolute Gasteiger partial charge is 0.352 e. The molecule has 0 aromatic heterocycles. The molecular weight excluding hydrogens is 268 g/mol. The molecule has 0 heterocycles.